The first-order valence-corrected chi connectivity index (χ1v) is 10.7. The molecule has 1 amide bonds. The first-order valence-electron chi connectivity index (χ1n) is 10.3. The minimum atomic E-state index is -3.10. The molecular formula is C20H26ClF4N3O. The number of carbonyl (C=O) groups is 1. The molecule has 0 spiro atoms. The van der Waals surface area contributed by atoms with Crippen LogP contribution in [0.2, 0.25) is 5.02 Å². The minimum Gasteiger partial charge on any atom is -0.351 e. The number of hydrogen-bond acceptors (Lipinski definition) is 2. The fraction of sp³-hybridized carbons (Fsp3) is 0.800. The van der Waals surface area contributed by atoms with E-state index in [0.29, 0.717) is 4.68 Å². The molecule has 1 unspecified atom stereocenters. The minimum absolute atomic E-state index is 0.0426. The van der Waals surface area contributed by atoms with Gasteiger partial charge in [0.05, 0.1) is 5.02 Å². The van der Waals surface area contributed by atoms with Crippen LogP contribution in [0.1, 0.15) is 76.1 Å². The molecule has 4 aliphatic carbocycles. The molecule has 5 rings (SSSR count). The largest absolute Gasteiger partial charge is 0.351 e. The molecule has 4 nitrogen and oxygen atoms in total. The molecule has 4 saturated carbocycles. The van der Waals surface area contributed by atoms with Crippen molar-refractivity contribution in [2.24, 2.45) is 23.2 Å². The van der Waals surface area contributed by atoms with Gasteiger partial charge in [-0.05, 0) is 68.1 Å². The van der Waals surface area contributed by atoms with Crippen molar-refractivity contribution in [2.45, 2.75) is 77.3 Å². The summed E-state index contributed by atoms with van der Waals surface area (Å²) in [5, 5.41) is 5.74. The predicted molar refractivity (Wildman–Crippen MR) is 100.0 cm³/mol. The second-order valence-corrected chi connectivity index (χ2v) is 9.53. The average molecular weight is 436 g/mol. The van der Waals surface area contributed by atoms with Gasteiger partial charge in [-0.15, -0.1) is 0 Å². The van der Waals surface area contributed by atoms with Gasteiger partial charge < -0.3 is 5.32 Å². The monoisotopic (exact) mass is 435 g/mol. The number of nitrogens with one attached hydrogen (secondary N) is 1. The molecule has 9 heteroatoms. The van der Waals surface area contributed by atoms with Crippen LogP contribution in [-0.4, -0.2) is 21.7 Å². The summed E-state index contributed by atoms with van der Waals surface area (Å²) in [4.78, 5) is 12.7. The molecule has 0 saturated heterocycles. The molecule has 1 atom stereocenters. The van der Waals surface area contributed by atoms with Crippen LogP contribution in [0.25, 0.3) is 0 Å². The summed E-state index contributed by atoms with van der Waals surface area (Å²) in [5.74, 6) is 1.66. The number of aromatic nitrogens is 2. The number of amides is 1. The van der Waals surface area contributed by atoms with E-state index in [-0.39, 0.29) is 11.5 Å². The second-order valence-electron chi connectivity index (χ2n) is 9.15. The Kier molecular flexibility index (Phi) is 5.59. The molecule has 1 heterocycles. The van der Waals surface area contributed by atoms with E-state index in [1.54, 1.807) is 0 Å². The Hall–Kier alpha value is -1.31. The Morgan fingerprint density at radius 2 is 1.69 bits per heavy atom. The van der Waals surface area contributed by atoms with E-state index in [2.05, 4.69) is 10.4 Å². The summed E-state index contributed by atoms with van der Waals surface area (Å²) >= 11 is 5.67. The topological polar surface area (TPSA) is 46.9 Å². The summed E-state index contributed by atoms with van der Waals surface area (Å²) in [5.41, 5.74) is -1.68. The maximum Gasteiger partial charge on any atom is 0.283 e. The Balaban J connectivity index is 1.50. The molecule has 1 aromatic heterocycles. The number of nitrogens with zero attached hydrogens (tertiary/aromatic N) is 2. The smallest absolute Gasteiger partial charge is 0.283 e. The van der Waals surface area contributed by atoms with Crippen molar-refractivity contribution in [3.8, 4) is 0 Å². The lowest BCUT2D eigenvalue weighted by Gasteiger charge is -2.59. The van der Waals surface area contributed by atoms with Crippen LogP contribution in [0, 0.1) is 23.2 Å². The fourth-order valence-electron chi connectivity index (χ4n) is 6.61. The van der Waals surface area contributed by atoms with Crippen LogP contribution < -0.4 is 5.32 Å². The molecule has 4 fully saturated rings. The lowest BCUT2D eigenvalue weighted by Crippen LogP contribution is -2.57. The molecule has 0 aliphatic heterocycles. The molecule has 0 aromatic carbocycles. The van der Waals surface area contributed by atoms with Gasteiger partial charge in [-0.3, -0.25) is 9.48 Å². The van der Waals surface area contributed by atoms with Crippen LogP contribution >= 0.6 is 11.6 Å². The van der Waals surface area contributed by atoms with Crippen molar-refractivity contribution in [1.82, 2.24) is 15.1 Å². The Labute approximate surface area is 172 Å². The number of alkyl halides is 4. The molecule has 29 heavy (non-hydrogen) atoms. The SMILES string of the molecule is CCC(NC(=O)Cn1nc(C(F)F)c(Cl)c1C(F)F)C12CC3CC(CC(C3)C1)C2. The molecule has 4 aliphatic rings. The number of carbonyl (C=O) groups excluding carboxylic acids is 1. The van der Waals surface area contributed by atoms with Gasteiger partial charge in [0, 0.05) is 6.04 Å². The van der Waals surface area contributed by atoms with Crippen LogP contribution in [0.4, 0.5) is 17.6 Å². The zero-order chi connectivity index (χ0) is 20.9. The third-order valence-electron chi connectivity index (χ3n) is 7.23. The van der Waals surface area contributed by atoms with Gasteiger partial charge >= 0.3 is 0 Å². The van der Waals surface area contributed by atoms with Gasteiger partial charge in [-0.2, -0.15) is 5.10 Å². The predicted octanol–water partition coefficient (Wildman–Crippen LogP) is 5.52. The molecule has 162 valence electrons. The second kappa shape index (κ2) is 7.75. The van der Waals surface area contributed by atoms with Crippen molar-refractivity contribution in [3.63, 3.8) is 0 Å². The zero-order valence-electron chi connectivity index (χ0n) is 16.3. The average Bonchev–Trinajstić information content (AvgIpc) is 2.94. The maximum atomic E-state index is 13.3. The van der Waals surface area contributed by atoms with E-state index >= 15 is 0 Å². The molecule has 0 radical (unpaired) electrons. The maximum absolute atomic E-state index is 13.3. The number of rotatable bonds is 7. The van der Waals surface area contributed by atoms with Crippen molar-refractivity contribution in [3.05, 3.63) is 16.4 Å². The standard InChI is InChI=1S/C20H26ClF4N3O/c1-2-13(20-6-10-3-11(7-20)5-12(4-10)8-20)26-14(29)9-28-17(19(24)25)15(21)16(27-28)18(22)23/h10-13,18-19H,2-9H2,1H3,(H,26,29). The van der Waals surface area contributed by atoms with Gasteiger partial charge in [-0.25, -0.2) is 17.6 Å². The van der Waals surface area contributed by atoms with Crippen LogP contribution in [0.15, 0.2) is 0 Å². The highest BCUT2D eigenvalue weighted by molar-refractivity contribution is 6.32. The van der Waals surface area contributed by atoms with Gasteiger partial charge in [0.25, 0.3) is 12.9 Å². The van der Waals surface area contributed by atoms with E-state index in [4.69, 9.17) is 11.6 Å². The highest BCUT2D eigenvalue weighted by Gasteiger charge is 2.54. The van der Waals surface area contributed by atoms with Crippen molar-refractivity contribution < 1.29 is 22.4 Å². The third-order valence-corrected chi connectivity index (χ3v) is 7.62. The Morgan fingerprint density at radius 3 is 2.14 bits per heavy atom. The Bertz CT molecular complexity index is 747. The summed E-state index contributed by atoms with van der Waals surface area (Å²) in [6, 6.07) is -0.0426. The fourth-order valence-corrected chi connectivity index (χ4v) is 6.91. The van der Waals surface area contributed by atoms with E-state index in [1.807, 2.05) is 6.92 Å². The van der Waals surface area contributed by atoms with Crippen molar-refractivity contribution in [2.75, 3.05) is 0 Å². The summed E-state index contributed by atoms with van der Waals surface area (Å²) in [6.07, 6.45) is 1.72. The van der Waals surface area contributed by atoms with Gasteiger partial charge in [-0.1, -0.05) is 18.5 Å². The lowest BCUT2D eigenvalue weighted by molar-refractivity contribution is -0.127. The van der Waals surface area contributed by atoms with Gasteiger partial charge in [0.15, 0.2) is 0 Å². The van der Waals surface area contributed by atoms with Crippen LogP contribution in [-0.2, 0) is 11.3 Å². The zero-order valence-corrected chi connectivity index (χ0v) is 17.1. The van der Waals surface area contributed by atoms with E-state index in [0.717, 1.165) is 43.4 Å². The Morgan fingerprint density at radius 1 is 1.14 bits per heavy atom. The van der Waals surface area contributed by atoms with Gasteiger partial charge in [0.1, 0.15) is 17.9 Å². The summed E-state index contributed by atoms with van der Waals surface area (Å²) in [6.45, 7) is 1.47. The highest BCUT2D eigenvalue weighted by atomic mass is 35.5. The van der Waals surface area contributed by atoms with E-state index in [1.165, 1.54) is 19.3 Å². The lowest BCUT2D eigenvalue weighted by atomic mass is 9.47. The first-order chi connectivity index (χ1) is 13.7. The van der Waals surface area contributed by atoms with E-state index < -0.39 is 41.7 Å². The quantitative estimate of drug-likeness (QED) is 0.573. The number of halogens is 5. The molecule has 4 bridgehead atoms. The van der Waals surface area contributed by atoms with Crippen molar-refractivity contribution >= 4 is 17.5 Å². The summed E-state index contributed by atoms with van der Waals surface area (Å²) < 4.78 is 53.3. The van der Waals surface area contributed by atoms with Crippen LogP contribution in [0.3, 0.4) is 0 Å². The van der Waals surface area contributed by atoms with Crippen molar-refractivity contribution in [1.29, 1.82) is 0 Å². The van der Waals surface area contributed by atoms with Crippen LogP contribution in [0.5, 0.6) is 0 Å². The highest BCUT2D eigenvalue weighted by Crippen LogP contribution is 2.61. The summed E-state index contributed by atoms with van der Waals surface area (Å²) in [7, 11) is 0. The molecule has 1 aromatic rings. The first kappa shape index (κ1) is 20.9. The normalized spacial score (nSPS) is 31.7. The van der Waals surface area contributed by atoms with E-state index in [9.17, 15) is 22.4 Å². The third kappa shape index (κ3) is 3.77. The molecular weight excluding hydrogens is 410 g/mol. The number of hydrogen-bond donors (Lipinski definition) is 1. The molecule has 1 N–H and O–H groups in total. The van der Waals surface area contributed by atoms with Gasteiger partial charge in [0.2, 0.25) is 5.91 Å².